The minimum Gasteiger partial charge on any atom is -0.493 e. The lowest BCUT2D eigenvalue weighted by molar-refractivity contribution is 0.210. The largest absolute Gasteiger partial charge is 0.493 e. The molecule has 0 heterocycles. The van der Waals surface area contributed by atoms with E-state index in [1.165, 1.54) is 254 Å². The van der Waals surface area contributed by atoms with Crippen molar-refractivity contribution in [2.45, 2.75) is 179 Å². The molecule has 1 atom stereocenters. The molecule has 16 aromatic rings. The first kappa shape index (κ1) is 82.2. The Morgan fingerprint density at radius 2 is 0.521 bits per heavy atom. The number of hydrogen-bond donors (Lipinski definition) is 0. The SMILES string of the molecule is [CH3-].[CH3-].[CH3-].c1ccc2c([S+](c3ccc(OCC4CCCCC4)c4ccccc34)C3CCCCC3)cccc2c1.c1ccc2c([S+](c3cccc4ccccc34)c3ccc(OCC4CCCCC4)c4ccccc34)cccc2c1.c1ccc2cc([S+](c3ccc4ccccc4c3)c3ccc(OCCC4CCCCC4)c4ccccc34)ccc2c1. The lowest BCUT2D eigenvalue weighted by Crippen LogP contribution is -2.25. The molecule has 594 valence electrons. The van der Waals surface area contributed by atoms with E-state index in [1.807, 2.05) is 0 Å². The lowest BCUT2D eigenvalue weighted by atomic mass is 9.87. The quantitative estimate of drug-likeness (QED) is 0.0596. The van der Waals surface area contributed by atoms with E-state index in [2.05, 4.69) is 322 Å². The highest BCUT2D eigenvalue weighted by molar-refractivity contribution is 7.98. The van der Waals surface area contributed by atoms with Crippen LogP contribution in [0.2, 0.25) is 0 Å². The monoisotopic (exact) mass is 1590 g/mol. The molecule has 3 nitrogen and oxygen atoms in total. The van der Waals surface area contributed by atoms with Crippen LogP contribution in [0, 0.1) is 40.0 Å². The molecule has 1 unspecified atom stereocenters. The molecule has 0 saturated heterocycles. The van der Waals surface area contributed by atoms with Crippen molar-refractivity contribution < 1.29 is 14.2 Å². The summed E-state index contributed by atoms with van der Waals surface area (Å²) in [5.41, 5.74) is 0. The van der Waals surface area contributed by atoms with Gasteiger partial charge in [-0.25, -0.2) is 0 Å². The summed E-state index contributed by atoms with van der Waals surface area (Å²) in [4.78, 5) is 11.1. The van der Waals surface area contributed by atoms with Crippen LogP contribution in [0.5, 0.6) is 17.2 Å². The molecule has 4 fully saturated rings. The molecule has 117 heavy (non-hydrogen) atoms. The Bertz CT molecular complexity index is 5810. The van der Waals surface area contributed by atoms with E-state index in [4.69, 9.17) is 14.2 Å². The van der Waals surface area contributed by atoms with Crippen molar-refractivity contribution in [1.29, 1.82) is 0 Å². The summed E-state index contributed by atoms with van der Waals surface area (Å²) >= 11 is 0. The van der Waals surface area contributed by atoms with Crippen molar-refractivity contribution in [3.05, 3.63) is 344 Å². The zero-order valence-electron chi connectivity index (χ0n) is 68.8. The van der Waals surface area contributed by atoms with E-state index in [-0.39, 0.29) is 55.0 Å². The van der Waals surface area contributed by atoms with E-state index >= 15 is 0 Å². The second-order valence-electron chi connectivity index (χ2n) is 32.3. The van der Waals surface area contributed by atoms with Crippen LogP contribution in [-0.2, 0) is 32.7 Å². The maximum atomic E-state index is 6.55. The normalized spacial score (nSPS) is 15.3. The van der Waals surface area contributed by atoms with E-state index in [0.29, 0.717) is 11.2 Å². The van der Waals surface area contributed by atoms with Crippen LogP contribution >= 0.6 is 0 Å². The average Bonchev–Trinajstić information content (AvgIpc) is 0.759. The van der Waals surface area contributed by atoms with Crippen molar-refractivity contribution in [3.8, 4) is 17.2 Å². The van der Waals surface area contributed by atoms with Gasteiger partial charge in [0.15, 0.2) is 39.2 Å². The van der Waals surface area contributed by atoms with Gasteiger partial charge < -0.3 is 36.5 Å². The van der Waals surface area contributed by atoms with E-state index in [0.717, 1.165) is 55.3 Å². The van der Waals surface area contributed by atoms with Gasteiger partial charge >= 0.3 is 0 Å². The van der Waals surface area contributed by atoms with Crippen molar-refractivity contribution >= 4 is 119 Å². The van der Waals surface area contributed by atoms with Crippen LogP contribution in [0.1, 0.15) is 135 Å². The summed E-state index contributed by atoms with van der Waals surface area (Å²) in [5, 5.41) is 21.5. The third kappa shape index (κ3) is 18.5. The van der Waals surface area contributed by atoms with Crippen LogP contribution in [0.3, 0.4) is 0 Å². The molecule has 6 heteroatoms. The fourth-order valence-corrected chi connectivity index (χ4v) is 26.7. The molecule has 4 aliphatic rings. The van der Waals surface area contributed by atoms with Crippen molar-refractivity contribution in [1.82, 2.24) is 0 Å². The summed E-state index contributed by atoms with van der Waals surface area (Å²) in [7, 11) is -0.544. The molecule has 20 rings (SSSR count). The molecule has 4 aliphatic carbocycles. The zero-order valence-corrected chi connectivity index (χ0v) is 71.3. The highest BCUT2D eigenvalue weighted by Crippen LogP contribution is 2.47. The van der Waals surface area contributed by atoms with Crippen LogP contribution in [0.4, 0.5) is 0 Å². The first-order valence-electron chi connectivity index (χ1n) is 42.6. The third-order valence-corrected chi connectivity index (χ3v) is 32.3. The van der Waals surface area contributed by atoms with E-state index < -0.39 is 0 Å². The first-order valence-corrected chi connectivity index (χ1v) is 46.4. The maximum absolute atomic E-state index is 6.55. The van der Waals surface area contributed by atoms with Gasteiger partial charge in [-0.15, -0.1) is 0 Å². The number of rotatable bonds is 19. The predicted octanol–water partition coefficient (Wildman–Crippen LogP) is 31.5. The van der Waals surface area contributed by atoms with Gasteiger partial charge in [0.2, 0.25) is 0 Å². The summed E-state index contributed by atoms with van der Waals surface area (Å²) in [6.45, 7) is 2.48. The summed E-state index contributed by atoms with van der Waals surface area (Å²) in [6.07, 6.45) is 28.2. The Kier molecular flexibility index (Phi) is 27.8. The topological polar surface area (TPSA) is 27.7 Å². The number of hydrogen-bond acceptors (Lipinski definition) is 3. The molecular weight excluding hydrogens is 1480 g/mol. The van der Waals surface area contributed by atoms with Crippen molar-refractivity contribution in [3.63, 3.8) is 0 Å². The molecule has 0 bridgehead atoms. The average molecular weight is 1590 g/mol. The number of ether oxygens (including phenoxy) is 3. The van der Waals surface area contributed by atoms with Gasteiger partial charge in [-0.2, -0.15) is 0 Å². The van der Waals surface area contributed by atoms with Gasteiger partial charge in [0.1, 0.15) is 33.4 Å². The highest BCUT2D eigenvalue weighted by Gasteiger charge is 2.40. The van der Waals surface area contributed by atoms with Crippen molar-refractivity contribution in [2.24, 2.45) is 17.8 Å². The van der Waals surface area contributed by atoms with Gasteiger partial charge in [-0.3, -0.25) is 0 Å². The molecule has 4 saturated carbocycles. The molecule has 16 aromatic carbocycles. The Hall–Kier alpha value is -9.95. The molecule has 0 aromatic heterocycles. The second kappa shape index (κ2) is 39.5. The van der Waals surface area contributed by atoms with E-state index in [9.17, 15) is 0 Å². The Balaban J connectivity index is 0.000000136. The Morgan fingerprint density at radius 3 is 0.957 bits per heavy atom. The van der Waals surface area contributed by atoms with Gasteiger partial charge in [0, 0.05) is 60.6 Å². The Labute approximate surface area is 705 Å². The molecule has 0 radical (unpaired) electrons. The molecule has 0 spiro atoms. The van der Waals surface area contributed by atoms with Crippen LogP contribution < -0.4 is 14.2 Å². The summed E-state index contributed by atoms with van der Waals surface area (Å²) < 4.78 is 19.6. The second-order valence-corrected chi connectivity index (χ2v) is 38.4. The zero-order chi connectivity index (χ0) is 76.2. The maximum Gasteiger partial charge on any atom is 0.174 e. The first-order chi connectivity index (χ1) is 56.6. The van der Waals surface area contributed by atoms with Crippen molar-refractivity contribution in [2.75, 3.05) is 19.8 Å². The smallest absolute Gasteiger partial charge is 0.174 e. The predicted molar refractivity (Wildman–Crippen MR) is 507 cm³/mol. The van der Waals surface area contributed by atoms with Gasteiger partial charge in [0.25, 0.3) is 0 Å². The van der Waals surface area contributed by atoms with Gasteiger partial charge in [-0.1, -0.05) is 271 Å². The minimum atomic E-state index is -0.310. The van der Waals surface area contributed by atoms with Crippen LogP contribution in [0.15, 0.2) is 361 Å². The standard InChI is InChI=1S/C38H35OS.C37H33OS.C33H37OS.3CH3/c1-2-10-28(11-3-1)24-25-39-37-22-23-38(36-17-9-8-16-35(36)37)40(33-20-18-29-12-4-6-14-31(29)26-33)34-21-19-30-13-5-7-15-32(30)27-34;1-2-12-27(13-3-1)26-38-34-24-25-37(33-21-9-8-20-32(33)34)39(35-22-10-16-28-14-4-6-18-30(28)35)36-23-11-17-29-15-5-7-19-31(29)36;1-3-12-25(13-4-1)24-34-31-22-23-33(30-20-10-9-19-29(30)31)35(27-16-5-2-6-17-27)32-21-11-15-26-14-7-8-18-28(26)32;;;/h4-9,12-23,26-28H,1-3,10-11,24-25H2;4-11,14-25,27H,1-3,12-13,26H2;7-11,14-15,18-23,25,27H,1-6,12-13,16-17,24H2;3*1H3/q3*+1;3*-1. The van der Waals surface area contributed by atoms with Crippen LogP contribution in [-0.4, -0.2) is 25.1 Å². The lowest BCUT2D eigenvalue weighted by Gasteiger charge is -2.25. The highest BCUT2D eigenvalue weighted by atomic mass is 32.2. The number of fused-ring (bicyclic) bond motifs is 8. The molecular formula is C111H114O3S3. The fraction of sp³-hybridized carbons (Fsp3) is 0.252. The van der Waals surface area contributed by atoms with E-state index in [1.54, 1.807) is 0 Å². The summed E-state index contributed by atoms with van der Waals surface area (Å²) in [6, 6.07) is 119. The van der Waals surface area contributed by atoms with Crippen LogP contribution in [0.25, 0.3) is 86.2 Å². The minimum absolute atomic E-state index is 0. The molecule has 0 aliphatic heterocycles. The Morgan fingerprint density at radius 1 is 0.222 bits per heavy atom. The third-order valence-electron chi connectivity index (χ3n) is 24.8. The van der Waals surface area contributed by atoms with Gasteiger partial charge in [0.05, 0.1) is 41.6 Å². The fourth-order valence-electron chi connectivity index (χ4n) is 18.8. The number of benzene rings is 16. The van der Waals surface area contributed by atoms with Gasteiger partial charge in [-0.05, 0) is 229 Å². The summed E-state index contributed by atoms with van der Waals surface area (Å²) in [5.74, 6) is 5.31. The molecule has 0 N–H and O–H groups in total. The molecule has 0 amide bonds.